The number of unbranched alkanes of at least 4 members (excludes halogenated alkanes) is 1. The van der Waals surface area contributed by atoms with Crippen LogP contribution in [0, 0.1) is 6.92 Å². The summed E-state index contributed by atoms with van der Waals surface area (Å²) in [6, 6.07) is 22.9. The summed E-state index contributed by atoms with van der Waals surface area (Å²) in [7, 11) is 0. The van der Waals surface area contributed by atoms with Crippen LogP contribution in [0.25, 0.3) is 16.7 Å². The predicted octanol–water partition coefficient (Wildman–Crippen LogP) is 4.39. The van der Waals surface area contributed by atoms with E-state index in [9.17, 15) is 0 Å². The molecule has 5 heteroatoms. The number of hydrogen-bond acceptors (Lipinski definition) is 4. The topological polar surface area (TPSA) is 54.8 Å². The minimum Gasteiger partial charge on any atom is -0.311 e. The number of nitrogens with one attached hydrogen (secondary N) is 2. The van der Waals surface area contributed by atoms with Crippen LogP contribution in [0.5, 0.6) is 0 Å². The standard InChI is InChI=1S/C25H29N5/c1-20-10-9-17-28-23(20)18-26-15-7-8-16-27-19-25-29-22-13-5-6-14-24(22)30(25)21-11-3-2-4-12-21/h2-6,9-14,17,26-27H,7-8,15-16,18-19H2,1H3. The van der Waals surface area contributed by atoms with Crippen LogP contribution in [0.2, 0.25) is 0 Å². The summed E-state index contributed by atoms with van der Waals surface area (Å²) >= 11 is 0. The molecule has 0 saturated heterocycles. The van der Waals surface area contributed by atoms with Crippen molar-refractivity contribution in [2.45, 2.75) is 32.9 Å². The third-order valence-corrected chi connectivity index (χ3v) is 5.30. The van der Waals surface area contributed by atoms with Crippen LogP contribution in [0.4, 0.5) is 0 Å². The van der Waals surface area contributed by atoms with Crippen molar-refractivity contribution in [1.29, 1.82) is 0 Å². The number of aromatic nitrogens is 3. The smallest absolute Gasteiger partial charge is 0.128 e. The van der Waals surface area contributed by atoms with Gasteiger partial charge in [0.05, 0.1) is 23.3 Å². The van der Waals surface area contributed by atoms with Gasteiger partial charge >= 0.3 is 0 Å². The van der Waals surface area contributed by atoms with Crippen LogP contribution in [0.3, 0.4) is 0 Å². The molecule has 2 aromatic carbocycles. The summed E-state index contributed by atoms with van der Waals surface area (Å²) in [5.74, 6) is 1.05. The fraction of sp³-hybridized carbons (Fsp3) is 0.280. The summed E-state index contributed by atoms with van der Waals surface area (Å²) in [5.41, 5.74) is 5.71. The number of benzene rings is 2. The van der Waals surface area contributed by atoms with Crippen molar-refractivity contribution in [3.05, 3.63) is 90.0 Å². The zero-order valence-corrected chi connectivity index (χ0v) is 17.5. The third-order valence-electron chi connectivity index (χ3n) is 5.30. The lowest BCUT2D eigenvalue weighted by Gasteiger charge is -2.10. The molecule has 5 nitrogen and oxygen atoms in total. The van der Waals surface area contributed by atoms with E-state index >= 15 is 0 Å². The molecule has 4 rings (SSSR count). The van der Waals surface area contributed by atoms with Gasteiger partial charge in [0.2, 0.25) is 0 Å². The first kappa shape index (κ1) is 20.3. The van der Waals surface area contributed by atoms with Gasteiger partial charge in [-0.15, -0.1) is 0 Å². The number of fused-ring (bicyclic) bond motifs is 1. The van der Waals surface area contributed by atoms with Crippen molar-refractivity contribution < 1.29 is 0 Å². The van der Waals surface area contributed by atoms with E-state index in [2.05, 4.69) is 75.6 Å². The lowest BCUT2D eigenvalue weighted by atomic mass is 10.2. The fourth-order valence-electron chi connectivity index (χ4n) is 3.67. The molecular weight excluding hydrogens is 370 g/mol. The van der Waals surface area contributed by atoms with E-state index in [-0.39, 0.29) is 0 Å². The molecule has 0 radical (unpaired) electrons. The molecular formula is C25H29N5. The van der Waals surface area contributed by atoms with Gasteiger partial charge in [0, 0.05) is 18.4 Å². The van der Waals surface area contributed by atoms with Gasteiger partial charge in [0.15, 0.2) is 0 Å². The molecule has 2 aromatic heterocycles. The van der Waals surface area contributed by atoms with Crippen LogP contribution < -0.4 is 10.6 Å². The van der Waals surface area contributed by atoms with Gasteiger partial charge in [-0.25, -0.2) is 4.98 Å². The van der Waals surface area contributed by atoms with E-state index in [1.165, 1.54) is 5.56 Å². The highest BCUT2D eigenvalue weighted by Crippen LogP contribution is 2.21. The highest BCUT2D eigenvalue weighted by molar-refractivity contribution is 5.78. The van der Waals surface area contributed by atoms with Crippen molar-refractivity contribution in [1.82, 2.24) is 25.2 Å². The Morgan fingerprint density at radius 2 is 1.53 bits per heavy atom. The summed E-state index contributed by atoms with van der Waals surface area (Å²) < 4.78 is 2.25. The number of rotatable bonds is 10. The number of hydrogen-bond donors (Lipinski definition) is 2. The first-order chi connectivity index (χ1) is 14.8. The maximum atomic E-state index is 4.86. The van der Waals surface area contributed by atoms with E-state index in [1.54, 1.807) is 0 Å². The molecule has 0 spiro atoms. The van der Waals surface area contributed by atoms with Gasteiger partial charge in [-0.05, 0) is 68.8 Å². The van der Waals surface area contributed by atoms with Crippen molar-refractivity contribution in [2.24, 2.45) is 0 Å². The maximum Gasteiger partial charge on any atom is 0.128 e. The molecule has 0 bridgehead atoms. The van der Waals surface area contributed by atoms with E-state index < -0.39 is 0 Å². The van der Waals surface area contributed by atoms with Gasteiger partial charge in [0.1, 0.15) is 5.82 Å². The van der Waals surface area contributed by atoms with E-state index in [1.807, 2.05) is 24.4 Å². The molecule has 2 N–H and O–H groups in total. The number of imidazole rings is 1. The minimum atomic E-state index is 0.754. The Kier molecular flexibility index (Phi) is 6.85. The quantitative estimate of drug-likeness (QED) is 0.388. The zero-order valence-electron chi connectivity index (χ0n) is 17.5. The van der Waals surface area contributed by atoms with Gasteiger partial charge in [-0.1, -0.05) is 36.4 Å². The summed E-state index contributed by atoms with van der Waals surface area (Å²) in [4.78, 5) is 9.29. The number of nitrogens with zero attached hydrogens (tertiary/aromatic N) is 3. The zero-order chi connectivity index (χ0) is 20.6. The molecule has 2 heterocycles. The van der Waals surface area contributed by atoms with Crippen molar-refractivity contribution in [3.8, 4) is 5.69 Å². The first-order valence-electron chi connectivity index (χ1n) is 10.7. The second kappa shape index (κ2) is 10.1. The Morgan fingerprint density at radius 1 is 0.800 bits per heavy atom. The Labute approximate surface area is 178 Å². The minimum absolute atomic E-state index is 0.754. The van der Waals surface area contributed by atoms with Gasteiger partial charge in [-0.3, -0.25) is 9.55 Å². The Morgan fingerprint density at radius 3 is 2.33 bits per heavy atom. The Bertz CT molecular complexity index is 1070. The fourth-order valence-corrected chi connectivity index (χ4v) is 3.67. The van der Waals surface area contributed by atoms with E-state index in [0.29, 0.717) is 0 Å². The normalized spacial score (nSPS) is 11.2. The molecule has 4 aromatic rings. The molecule has 0 aliphatic heterocycles. The summed E-state index contributed by atoms with van der Waals surface area (Å²) in [5, 5.41) is 7.06. The maximum absolute atomic E-state index is 4.86. The lowest BCUT2D eigenvalue weighted by Crippen LogP contribution is -2.20. The van der Waals surface area contributed by atoms with Crippen LogP contribution in [0.1, 0.15) is 29.9 Å². The van der Waals surface area contributed by atoms with Crippen LogP contribution in [0.15, 0.2) is 72.9 Å². The molecule has 154 valence electrons. The third kappa shape index (κ3) is 4.93. The monoisotopic (exact) mass is 399 g/mol. The first-order valence-corrected chi connectivity index (χ1v) is 10.7. The molecule has 0 amide bonds. The molecule has 0 fully saturated rings. The highest BCUT2D eigenvalue weighted by atomic mass is 15.1. The molecule has 0 unspecified atom stereocenters. The van der Waals surface area contributed by atoms with Gasteiger partial charge in [0.25, 0.3) is 0 Å². The number of para-hydroxylation sites is 3. The molecule has 30 heavy (non-hydrogen) atoms. The second-order valence-electron chi connectivity index (χ2n) is 7.52. The van der Waals surface area contributed by atoms with Crippen molar-refractivity contribution in [2.75, 3.05) is 13.1 Å². The summed E-state index contributed by atoms with van der Waals surface area (Å²) in [6.07, 6.45) is 4.12. The SMILES string of the molecule is Cc1cccnc1CNCCCCNCc1nc2ccccc2n1-c1ccccc1. The average molecular weight is 400 g/mol. The highest BCUT2D eigenvalue weighted by Gasteiger charge is 2.11. The second-order valence-corrected chi connectivity index (χ2v) is 7.52. The molecule has 0 atom stereocenters. The molecule has 0 aliphatic rings. The number of pyridine rings is 1. The molecule has 0 saturated carbocycles. The molecule has 0 aliphatic carbocycles. The largest absolute Gasteiger partial charge is 0.311 e. The van der Waals surface area contributed by atoms with Gasteiger partial charge < -0.3 is 10.6 Å². The number of aryl methyl sites for hydroxylation is 1. The van der Waals surface area contributed by atoms with E-state index in [0.717, 1.165) is 67.3 Å². The lowest BCUT2D eigenvalue weighted by molar-refractivity contribution is 0.570. The van der Waals surface area contributed by atoms with Crippen LogP contribution in [-0.2, 0) is 13.1 Å². The average Bonchev–Trinajstić information content (AvgIpc) is 3.15. The van der Waals surface area contributed by atoms with E-state index in [4.69, 9.17) is 4.98 Å². The Hall–Kier alpha value is -3.02. The Balaban J connectivity index is 1.26. The predicted molar refractivity (Wildman–Crippen MR) is 123 cm³/mol. The van der Waals surface area contributed by atoms with Crippen molar-refractivity contribution in [3.63, 3.8) is 0 Å². The summed E-state index contributed by atoms with van der Waals surface area (Å²) in [6.45, 7) is 5.67. The van der Waals surface area contributed by atoms with Crippen LogP contribution >= 0.6 is 0 Å². The van der Waals surface area contributed by atoms with Crippen molar-refractivity contribution >= 4 is 11.0 Å². The van der Waals surface area contributed by atoms with Crippen LogP contribution in [-0.4, -0.2) is 27.6 Å². The van der Waals surface area contributed by atoms with Gasteiger partial charge in [-0.2, -0.15) is 0 Å².